The molecule has 1 rings (SSSR count). The van der Waals surface area contributed by atoms with E-state index >= 15 is 0 Å². The van der Waals surface area contributed by atoms with E-state index in [2.05, 4.69) is 6.92 Å². The maximum Gasteiger partial charge on any atom is 0.236 e. The van der Waals surface area contributed by atoms with E-state index in [-0.39, 0.29) is 11.7 Å². The van der Waals surface area contributed by atoms with E-state index in [1.165, 1.54) is 19.3 Å². The highest BCUT2D eigenvalue weighted by molar-refractivity contribution is 6.01. The van der Waals surface area contributed by atoms with E-state index in [0.29, 0.717) is 6.42 Å². The number of unbranched alkanes of at least 4 members (excludes halogenated alkanes) is 4. The summed E-state index contributed by atoms with van der Waals surface area (Å²) < 4.78 is 0. The zero-order valence-corrected chi connectivity index (χ0v) is 11.7. The highest BCUT2D eigenvalue weighted by Crippen LogP contribution is 2.14. The molecule has 18 heavy (non-hydrogen) atoms. The number of ketones is 1. The molecule has 0 saturated heterocycles. The van der Waals surface area contributed by atoms with Gasteiger partial charge in [-0.1, -0.05) is 38.7 Å². The van der Waals surface area contributed by atoms with Gasteiger partial charge in [0.25, 0.3) is 0 Å². The summed E-state index contributed by atoms with van der Waals surface area (Å²) in [6.07, 6.45) is 10.9. The molecule has 0 unspecified atom stereocenters. The lowest BCUT2D eigenvalue weighted by Crippen LogP contribution is -2.33. The van der Waals surface area contributed by atoms with Crippen molar-refractivity contribution in [2.24, 2.45) is 5.92 Å². The van der Waals surface area contributed by atoms with Gasteiger partial charge in [-0.25, -0.2) is 0 Å². The Morgan fingerprint density at radius 2 is 1.94 bits per heavy atom. The Bertz CT molecular complexity index is 310. The molecule has 0 bridgehead atoms. The van der Waals surface area contributed by atoms with Gasteiger partial charge < -0.3 is 4.90 Å². The summed E-state index contributed by atoms with van der Waals surface area (Å²) in [7, 11) is 0. The van der Waals surface area contributed by atoms with Gasteiger partial charge in [0.15, 0.2) is 0 Å². The van der Waals surface area contributed by atoms with Crippen LogP contribution in [0.5, 0.6) is 0 Å². The monoisotopic (exact) mass is 251 g/mol. The molecule has 102 valence electrons. The molecule has 3 nitrogen and oxygen atoms in total. The second-order valence-corrected chi connectivity index (χ2v) is 5.06. The van der Waals surface area contributed by atoms with Crippen molar-refractivity contribution in [1.82, 2.24) is 4.90 Å². The number of Topliss-reactive ketones (excluding diaryl/α,β-unsaturated/α-hetero) is 1. The minimum Gasteiger partial charge on any atom is -0.318 e. The third-order valence-corrected chi connectivity index (χ3v) is 3.49. The summed E-state index contributed by atoms with van der Waals surface area (Å²) in [5, 5.41) is 0. The summed E-state index contributed by atoms with van der Waals surface area (Å²) in [6, 6.07) is 0. The molecule has 0 saturated carbocycles. The summed E-state index contributed by atoms with van der Waals surface area (Å²) >= 11 is 0. The van der Waals surface area contributed by atoms with Crippen LogP contribution >= 0.6 is 0 Å². The number of hydrogen-bond donors (Lipinski definition) is 0. The number of carbonyl (C=O) groups excluding carboxylic acids is 2. The topological polar surface area (TPSA) is 37.4 Å². The lowest BCUT2D eigenvalue weighted by molar-refractivity contribution is -0.138. The maximum atomic E-state index is 12.0. The standard InChI is InChI=1S/C15H25NO2/c1-3-4-5-6-7-10-14(17)13(2)15(18)16-11-8-9-12-16/h8,11,13H,3-7,9-10,12H2,1-2H3/t13-/m1/s1. The quantitative estimate of drug-likeness (QED) is 0.490. The van der Waals surface area contributed by atoms with Crippen LogP contribution in [0.4, 0.5) is 0 Å². The number of amides is 1. The molecule has 0 aromatic heterocycles. The summed E-state index contributed by atoms with van der Waals surface area (Å²) in [5.74, 6) is -0.418. The average molecular weight is 251 g/mol. The number of nitrogens with zero attached hydrogens (tertiary/aromatic N) is 1. The van der Waals surface area contributed by atoms with Crippen molar-refractivity contribution >= 4 is 11.7 Å². The van der Waals surface area contributed by atoms with Gasteiger partial charge in [-0.05, 0) is 19.8 Å². The lowest BCUT2D eigenvalue weighted by Gasteiger charge is -2.17. The third kappa shape index (κ3) is 4.63. The van der Waals surface area contributed by atoms with Crippen molar-refractivity contribution in [2.75, 3.05) is 6.54 Å². The highest BCUT2D eigenvalue weighted by atomic mass is 16.2. The molecular formula is C15H25NO2. The van der Waals surface area contributed by atoms with Crippen LogP contribution in [-0.2, 0) is 9.59 Å². The molecule has 3 heteroatoms. The Hall–Kier alpha value is -1.12. The molecule has 0 N–H and O–H groups in total. The summed E-state index contributed by atoms with van der Waals surface area (Å²) in [6.45, 7) is 4.64. The van der Waals surface area contributed by atoms with Gasteiger partial charge in [0.05, 0.1) is 5.92 Å². The molecule has 1 heterocycles. The minimum atomic E-state index is -0.473. The normalized spacial score (nSPS) is 16.0. The number of hydrogen-bond acceptors (Lipinski definition) is 2. The van der Waals surface area contributed by atoms with E-state index in [1.54, 1.807) is 18.0 Å². The van der Waals surface area contributed by atoms with Crippen LogP contribution in [-0.4, -0.2) is 23.1 Å². The summed E-state index contributed by atoms with van der Waals surface area (Å²) in [4.78, 5) is 25.5. The van der Waals surface area contributed by atoms with Crippen molar-refractivity contribution in [1.29, 1.82) is 0 Å². The van der Waals surface area contributed by atoms with Gasteiger partial charge in [-0.3, -0.25) is 9.59 Å². The average Bonchev–Trinajstić information content (AvgIpc) is 2.90. The van der Waals surface area contributed by atoms with Gasteiger partial charge in [0.1, 0.15) is 5.78 Å². The van der Waals surface area contributed by atoms with Gasteiger partial charge in [-0.2, -0.15) is 0 Å². The summed E-state index contributed by atoms with van der Waals surface area (Å²) in [5.41, 5.74) is 0. The van der Waals surface area contributed by atoms with Crippen molar-refractivity contribution < 1.29 is 9.59 Å². The smallest absolute Gasteiger partial charge is 0.236 e. The van der Waals surface area contributed by atoms with Gasteiger partial charge in [0, 0.05) is 19.2 Å². The molecule has 0 aromatic carbocycles. The predicted octanol–water partition coefficient (Wildman–Crippen LogP) is 3.30. The van der Waals surface area contributed by atoms with Crippen LogP contribution in [0.2, 0.25) is 0 Å². The van der Waals surface area contributed by atoms with Gasteiger partial charge >= 0.3 is 0 Å². The Labute approximate surface area is 110 Å². The Balaban J connectivity index is 2.23. The highest BCUT2D eigenvalue weighted by Gasteiger charge is 2.25. The zero-order valence-electron chi connectivity index (χ0n) is 11.7. The maximum absolute atomic E-state index is 12.0. The zero-order chi connectivity index (χ0) is 13.4. The van der Waals surface area contributed by atoms with Gasteiger partial charge in [-0.15, -0.1) is 0 Å². The molecule has 0 spiro atoms. The van der Waals surface area contributed by atoms with Crippen molar-refractivity contribution in [2.45, 2.75) is 58.8 Å². The molecule has 1 amide bonds. The van der Waals surface area contributed by atoms with Crippen LogP contribution in [0.15, 0.2) is 12.3 Å². The first-order chi connectivity index (χ1) is 8.66. The van der Waals surface area contributed by atoms with Crippen LogP contribution in [0.1, 0.15) is 58.8 Å². The second kappa shape index (κ2) is 8.06. The Morgan fingerprint density at radius 3 is 2.56 bits per heavy atom. The fourth-order valence-electron chi connectivity index (χ4n) is 2.18. The molecule has 1 aliphatic rings. The number of rotatable bonds is 8. The fourth-order valence-corrected chi connectivity index (χ4v) is 2.18. The van der Waals surface area contributed by atoms with E-state index < -0.39 is 5.92 Å². The predicted molar refractivity (Wildman–Crippen MR) is 73.0 cm³/mol. The molecule has 0 aromatic rings. The first-order valence-corrected chi connectivity index (χ1v) is 7.16. The third-order valence-electron chi connectivity index (χ3n) is 3.49. The van der Waals surface area contributed by atoms with Crippen LogP contribution in [0.3, 0.4) is 0 Å². The molecular weight excluding hydrogens is 226 g/mol. The van der Waals surface area contributed by atoms with E-state index in [1.807, 2.05) is 6.08 Å². The van der Waals surface area contributed by atoms with Crippen LogP contribution < -0.4 is 0 Å². The second-order valence-electron chi connectivity index (χ2n) is 5.06. The molecule has 1 aliphatic heterocycles. The van der Waals surface area contributed by atoms with Crippen LogP contribution in [0.25, 0.3) is 0 Å². The first-order valence-electron chi connectivity index (χ1n) is 7.16. The van der Waals surface area contributed by atoms with Crippen LogP contribution in [0, 0.1) is 5.92 Å². The lowest BCUT2D eigenvalue weighted by atomic mass is 9.99. The van der Waals surface area contributed by atoms with E-state index in [4.69, 9.17) is 0 Å². The fraction of sp³-hybridized carbons (Fsp3) is 0.733. The Kier molecular flexibility index (Phi) is 6.69. The molecule has 0 aliphatic carbocycles. The number of carbonyl (C=O) groups is 2. The molecule has 1 atom stereocenters. The largest absolute Gasteiger partial charge is 0.318 e. The Morgan fingerprint density at radius 1 is 1.22 bits per heavy atom. The minimum absolute atomic E-state index is 0.0395. The van der Waals surface area contributed by atoms with Crippen molar-refractivity contribution in [3.8, 4) is 0 Å². The first kappa shape index (κ1) is 14.9. The van der Waals surface area contributed by atoms with Gasteiger partial charge in [0.2, 0.25) is 5.91 Å². The van der Waals surface area contributed by atoms with Crippen molar-refractivity contribution in [3.05, 3.63) is 12.3 Å². The van der Waals surface area contributed by atoms with E-state index in [9.17, 15) is 9.59 Å². The van der Waals surface area contributed by atoms with Crippen molar-refractivity contribution in [3.63, 3.8) is 0 Å². The molecule has 0 radical (unpaired) electrons. The SMILES string of the molecule is CCCCCCCC(=O)[C@@H](C)C(=O)N1C=CCC1. The molecule has 0 fully saturated rings. The van der Waals surface area contributed by atoms with E-state index in [0.717, 1.165) is 25.8 Å².